The van der Waals surface area contributed by atoms with Gasteiger partial charge in [-0.2, -0.15) is 0 Å². The smallest absolute Gasteiger partial charge is 0.0411 e. The maximum atomic E-state index is 2.19. The van der Waals surface area contributed by atoms with Gasteiger partial charge in [0.15, 0.2) is 0 Å². The lowest BCUT2D eigenvalue weighted by molar-refractivity contribution is 0.469. The van der Waals surface area contributed by atoms with Crippen molar-refractivity contribution in [3.63, 3.8) is 0 Å². The van der Waals surface area contributed by atoms with E-state index < -0.39 is 0 Å². The lowest BCUT2D eigenvalue weighted by Crippen LogP contribution is -1.93. The first-order valence-corrected chi connectivity index (χ1v) is 4.73. The summed E-state index contributed by atoms with van der Waals surface area (Å²) in [4.78, 5) is 0. The molecule has 0 spiro atoms. The van der Waals surface area contributed by atoms with Crippen molar-refractivity contribution in [3.05, 3.63) is 0 Å². The Hall–Kier alpha value is -0.0400. The molecule has 0 rings (SSSR count). The van der Waals surface area contributed by atoms with Crippen LogP contribution in [0.3, 0.4) is 0 Å². The van der Waals surface area contributed by atoms with Gasteiger partial charge in [0.2, 0.25) is 0 Å². The zero-order valence-corrected chi connectivity index (χ0v) is 10.8. The molecule has 0 unspecified atom stereocenters. The van der Waals surface area contributed by atoms with Crippen LogP contribution in [0.2, 0.25) is 0 Å². The van der Waals surface area contributed by atoms with Crippen molar-refractivity contribution < 1.29 is 0 Å². The fraction of sp³-hybridized carbons (Fsp3) is 1.00. The van der Waals surface area contributed by atoms with Gasteiger partial charge in [-0.15, -0.1) is 0 Å². The SMILES string of the molecule is CC.CC(C)(C)C.CC(C)C.N. The average Bonchev–Trinajstić information content (AvgIpc) is 1.63. The fourth-order valence-electron chi connectivity index (χ4n) is 0. The Morgan fingerprint density at radius 3 is 0.750 bits per heavy atom. The minimum absolute atomic E-state index is 0. The number of rotatable bonds is 0. The van der Waals surface area contributed by atoms with Crippen LogP contribution in [0.25, 0.3) is 0 Å². The van der Waals surface area contributed by atoms with E-state index in [1.54, 1.807) is 0 Å². The van der Waals surface area contributed by atoms with Crippen LogP contribution >= 0.6 is 0 Å². The highest BCUT2D eigenvalue weighted by Gasteiger charge is 1.95. The molecule has 1 heteroatoms. The Morgan fingerprint density at radius 2 is 0.750 bits per heavy atom. The molecule has 0 amide bonds. The van der Waals surface area contributed by atoms with Gasteiger partial charge in [0, 0.05) is 0 Å². The minimum Gasteiger partial charge on any atom is -0.344 e. The van der Waals surface area contributed by atoms with Crippen molar-refractivity contribution in [2.24, 2.45) is 11.3 Å². The molecular weight excluding hydrogens is 146 g/mol. The molecule has 0 bridgehead atoms. The number of hydrogen-bond acceptors (Lipinski definition) is 1. The van der Waals surface area contributed by atoms with E-state index in [1.807, 2.05) is 13.8 Å². The van der Waals surface area contributed by atoms with Crippen LogP contribution in [-0.4, -0.2) is 0 Å². The second kappa shape index (κ2) is 13.5. The molecule has 12 heavy (non-hydrogen) atoms. The Bertz CT molecular complexity index is 41.8. The third kappa shape index (κ3) is 500000. The van der Waals surface area contributed by atoms with Gasteiger partial charge in [0.05, 0.1) is 0 Å². The molecule has 0 radical (unpaired) electrons. The predicted octanol–water partition coefficient (Wildman–Crippen LogP) is 4.90. The van der Waals surface area contributed by atoms with Crippen molar-refractivity contribution >= 4 is 0 Å². The first-order valence-electron chi connectivity index (χ1n) is 4.73. The molecule has 80 valence electrons. The van der Waals surface area contributed by atoms with Gasteiger partial charge < -0.3 is 6.15 Å². The van der Waals surface area contributed by atoms with Crippen molar-refractivity contribution in [1.29, 1.82) is 0 Å². The van der Waals surface area contributed by atoms with E-state index in [9.17, 15) is 0 Å². The molecule has 0 aliphatic heterocycles. The summed E-state index contributed by atoms with van der Waals surface area (Å²) in [6.45, 7) is 19.2. The zero-order chi connectivity index (χ0) is 10.1. The Balaban J connectivity index is -0.0000000419. The molecular formula is C11H31N. The van der Waals surface area contributed by atoms with E-state index >= 15 is 0 Å². The van der Waals surface area contributed by atoms with E-state index in [0.29, 0.717) is 5.41 Å². The predicted molar refractivity (Wildman–Crippen MR) is 62.0 cm³/mol. The summed E-state index contributed by atoms with van der Waals surface area (Å²) in [5.74, 6) is 0.833. The van der Waals surface area contributed by atoms with Crippen molar-refractivity contribution in [2.45, 2.75) is 62.3 Å². The van der Waals surface area contributed by atoms with Crippen LogP contribution < -0.4 is 6.15 Å². The van der Waals surface area contributed by atoms with Gasteiger partial charge in [0.25, 0.3) is 0 Å². The summed E-state index contributed by atoms with van der Waals surface area (Å²) >= 11 is 0. The summed E-state index contributed by atoms with van der Waals surface area (Å²) in [5.41, 5.74) is 0.500. The van der Waals surface area contributed by atoms with E-state index in [1.165, 1.54) is 0 Å². The first kappa shape index (κ1) is 22.7. The third-order valence-corrected chi connectivity index (χ3v) is 0. The van der Waals surface area contributed by atoms with Gasteiger partial charge >= 0.3 is 0 Å². The molecule has 0 heterocycles. The second-order valence-corrected chi connectivity index (χ2v) is 4.73. The van der Waals surface area contributed by atoms with Gasteiger partial charge in [0.1, 0.15) is 0 Å². The topological polar surface area (TPSA) is 35.0 Å². The summed E-state index contributed by atoms with van der Waals surface area (Å²) in [6, 6.07) is 0. The Kier molecular flexibility index (Phi) is 25.6. The van der Waals surface area contributed by atoms with Gasteiger partial charge in [-0.25, -0.2) is 0 Å². The van der Waals surface area contributed by atoms with Crippen molar-refractivity contribution in [2.75, 3.05) is 0 Å². The molecule has 0 aromatic rings. The van der Waals surface area contributed by atoms with Crippen LogP contribution in [0.15, 0.2) is 0 Å². The summed E-state index contributed by atoms with van der Waals surface area (Å²) in [5, 5.41) is 0. The van der Waals surface area contributed by atoms with Crippen LogP contribution in [0, 0.1) is 11.3 Å². The largest absolute Gasteiger partial charge is 0.344 e. The lowest BCUT2D eigenvalue weighted by Gasteiger charge is -2.05. The molecule has 0 saturated heterocycles. The van der Waals surface area contributed by atoms with Crippen LogP contribution in [0.4, 0.5) is 0 Å². The van der Waals surface area contributed by atoms with E-state index in [4.69, 9.17) is 0 Å². The standard InChI is InChI=1S/C5H12.C4H10.C2H6.H3N/c1-5(2,3)4;1-4(2)3;1-2;/h1-4H3;4H,1-3H3;1-2H3;1H3. The third-order valence-electron chi connectivity index (χ3n) is 0. The monoisotopic (exact) mass is 177 g/mol. The first-order chi connectivity index (χ1) is 4.73. The Labute approximate surface area is 80.5 Å². The maximum absolute atomic E-state index is 2.19. The highest BCUT2D eigenvalue weighted by molar-refractivity contribution is 4.47. The minimum atomic E-state index is 0. The molecule has 0 fully saturated rings. The van der Waals surface area contributed by atoms with Crippen molar-refractivity contribution in [1.82, 2.24) is 6.15 Å². The average molecular weight is 177 g/mol. The van der Waals surface area contributed by atoms with Gasteiger partial charge in [-0.1, -0.05) is 62.3 Å². The lowest BCUT2D eigenvalue weighted by atomic mass is 10.0. The molecule has 0 aromatic heterocycles. The fourth-order valence-corrected chi connectivity index (χ4v) is 0. The molecule has 0 aromatic carbocycles. The zero-order valence-electron chi connectivity index (χ0n) is 10.8. The summed E-state index contributed by atoms with van der Waals surface area (Å²) < 4.78 is 0. The molecule has 0 atom stereocenters. The maximum Gasteiger partial charge on any atom is -0.0411 e. The normalized spacial score (nSPS) is 8.50. The van der Waals surface area contributed by atoms with Crippen LogP contribution in [0.1, 0.15) is 62.3 Å². The number of hydrogen-bond donors (Lipinski definition) is 1. The van der Waals surface area contributed by atoms with Crippen molar-refractivity contribution in [3.8, 4) is 0 Å². The van der Waals surface area contributed by atoms with E-state index in [2.05, 4.69) is 48.5 Å². The molecule has 1 nitrogen and oxygen atoms in total. The van der Waals surface area contributed by atoms with Gasteiger partial charge in [-0.3, -0.25) is 0 Å². The molecule has 0 aliphatic carbocycles. The summed E-state index contributed by atoms with van der Waals surface area (Å²) in [7, 11) is 0. The molecule has 0 saturated carbocycles. The van der Waals surface area contributed by atoms with Crippen LogP contribution in [-0.2, 0) is 0 Å². The van der Waals surface area contributed by atoms with E-state index in [-0.39, 0.29) is 6.15 Å². The van der Waals surface area contributed by atoms with Crippen LogP contribution in [0.5, 0.6) is 0 Å². The molecule has 3 N–H and O–H groups in total. The van der Waals surface area contributed by atoms with Gasteiger partial charge in [-0.05, 0) is 11.3 Å². The summed E-state index contributed by atoms with van der Waals surface area (Å²) in [6.07, 6.45) is 0. The quantitative estimate of drug-likeness (QED) is 0.561. The van der Waals surface area contributed by atoms with E-state index in [0.717, 1.165) is 5.92 Å². The highest BCUT2D eigenvalue weighted by atomic mass is 14.0. The molecule has 0 aliphatic rings. The highest BCUT2D eigenvalue weighted by Crippen LogP contribution is 2.07. The Morgan fingerprint density at radius 1 is 0.750 bits per heavy atom. The second-order valence-electron chi connectivity index (χ2n) is 4.73.